The zero-order chi connectivity index (χ0) is 14.4. The summed E-state index contributed by atoms with van der Waals surface area (Å²) >= 11 is 12.3. The number of anilines is 1. The Labute approximate surface area is 128 Å². The van der Waals surface area contributed by atoms with Gasteiger partial charge in [-0.1, -0.05) is 29.3 Å². The molecule has 1 aliphatic heterocycles. The Hall–Kier alpha value is -1.01. The van der Waals surface area contributed by atoms with Gasteiger partial charge in [0.2, 0.25) is 5.96 Å². The molecule has 0 spiro atoms. The van der Waals surface area contributed by atoms with Crippen molar-refractivity contribution in [3.63, 3.8) is 0 Å². The molecule has 1 aromatic carbocycles. The summed E-state index contributed by atoms with van der Waals surface area (Å²) in [6, 6.07) is 5.35. The maximum absolute atomic E-state index is 6.13. The van der Waals surface area contributed by atoms with Gasteiger partial charge in [-0.3, -0.25) is 4.84 Å². The molecule has 0 bridgehead atoms. The van der Waals surface area contributed by atoms with Crippen molar-refractivity contribution in [1.82, 2.24) is 5.06 Å². The Morgan fingerprint density at radius 1 is 1.30 bits per heavy atom. The number of hydroxylamine groups is 2. The average molecular weight is 317 g/mol. The third-order valence-electron chi connectivity index (χ3n) is 2.85. The molecule has 7 heteroatoms. The molecule has 1 aromatic rings. The smallest absolute Gasteiger partial charge is 0.223 e. The van der Waals surface area contributed by atoms with Gasteiger partial charge in [0.05, 0.1) is 35.4 Å². The molecule has 3 N–H and O–H groups in total. The van der Waals surface area contributed by atoms with Crippen LogP contribution in [0.5, 0.6) is 0 Å². The summed E-state index contributed by atoms with van der Waals surface area (Å²) in [5, 5.41) is 5.97. The van der Waals surface area contributed by atoms with Gasteiger partial charge in [-0.25, -0.2) is 10.1 Å². The summed E-state index contributed by atoms with van der Waals surface area (Å²) in [6.07, 6.45) is 1.87. The minimum atomic E-state index is 0.551. The predicted octanol–water partition coefficient (Wildman–Crippen LogP) is 2.75. The first-order chi connectivity index (χ1) is 9.72. The number of guanidine groups is 1. The van der Waals surface area contributed by atoms with Crippen molar-refractivity contribution in [2.24, 2.45) is 10.7 Å². The quantitative estimate of drug-likeness (QED) is 0.792. The fourth-order valence-corrected chi connectivity index (χ4v) is 2.30. The van der Waals surface area contributed by atoms with E-state index in [2.05, 4.69) is 10.3 Å². The van der Waals surface area contributed by atoms with Gasteiger partial charge in [0.15, 0.2) is 0 Å². The topological polar surface area (TPSA) is 62.9 Å². The molecule has 0 fully saturated rings. The minimum Gasteiger partial charge on any atom is -0.330 e. The first-order valence-electron chi connectivity index (χ1n) is 6.58. The highest BCUT2D eigenvalue weighted by Gasteiger charge is 2.19. The Bertz CT molecular complexity index is 461. The van der Waals surface area contributed by atoms with Crippen molar-refractivity contribution in [2.45, 2.75) is 12.8 Å². The van der Waals surface area contributed by atoms with Gasteiger partial charge in [-0.2, -0.15) is 0 Å². The van der Waals surface area contributed by atoms with Crippen molar-refractivity contribution in [3.8, 4) is 0 Å². The molecule has 0 atom stereocenters. The molecule has 1 aliphatic rings. The molecular weight excluding hydrogens is 299 g/mol. The number of nitrogens with one attached hydrogen (secondary N) is 1. The van der Waals surface area contributed by atoms with E-state index < -0.39 is 0 Å². The fraction of sp³-hybridized carbons (Fsp3) is 0.462. The van der Waals surface area contributed by atoms with Gasteiger partial charge < -0.3 is 11.1 Å². The lowest BCUT2D eigenvalue weighted by Gasteiger charge is -2.21. The van der Waals surface area contributed by atoms with E-state index in [4.69, 9.17) is 33.8 Å². The van der Waals surface area contributed by atoms with Crippen molar-refractivity contribution in [3.05, 3.63) is 28.2 Å². The van der Waals surface area contributed by atoms with Crippen molar-refractivity contribution >= 4 is 34.8 Å². The van der Waals surface area contributed by atoms with E-state index in [1.807, 2.05) is 0 Å². The molecule has 5 nitrogen and oxygen atoms in total. The number of nitrogens with two attached hydrogens (primary N) is 1. The lowest BCUT2D eigenvalue weighted by Crippen LogP contribution is -2.33. The number of hydrogen-bond donors (Lipinski definition) is 2. The number of benzene rings is 1. The summed E-state index contributed by atoms with van der Waals surface area (Å²) in [6.45, 7) is 2.69. The van der Waals surface area contributed by atoms with Crippen LogP contribution in [0.4, 0.5) is 5.69 Å². The molecular formula is C13H18Cl2N4O. The largest absolute Gasteiger partial charge is 0.330 e. The minimum absolute atomic E-state index is 0.551. The van der Waals surface area contributed by atoms with Crippen molar-refractivity contribution in [2.75, 3.05) is 31.6 Å². The summed E-state index contributed by atoms with van der Waals surface area (Å²) in [5.74, 6) is 0.632. The number of hydrogen-bond acceptors (Lipinski definition) is 5. The molecule has 110 valence electrons. The Kier molecular flexibility index (Phi) is 5.91. The van der Waals surface area contributed by atoms with E-state index in [0.717, 1.165) is 12.8 Å². The number of rotatable bonds is 6. The standard InChI is InChI=1S/C13H18Cl2N4O/c14-10-4-3-5-11(15)12(10)18-13-17-7-8-19(13)20-9-2-1-6-16/h3-5H,1-2,6-9,16H2,(H,17,18). The van der Waals surface area contributed by atoms with Crippen LogP contribution in [0, 0.1) is 0 Å². The number of aliphatic imine (C=N–C) groups is 1. The summed E-state index contributed by atoms with van der Waals surface area (Å²) in [4.78, 5) is 10.0. The average Bonchev–Trinajstić information content (AvgIpc) is 2.87. The van der Waals surface area contributed by atoms with Gasteiger partial charge in [0.1, 0.15) is 0 Å². The highest BCUT2D eigenvalue weighted by Crippen LogP contribution is 2.30. The zero-order valence-corrected chi connectivity index (χ0v) is 12.6. The number of nitrogens with zero attached hydrogens (tertiary/aromatic N) is 2. The van der Waals surface area contributed by atoms with Gasteiger partial charge in [0.25, 0.3) is 0 Å². The first-order valence-corrected chi connectivity index (χ1v) is 7.34. The molecule has 0 unspecified atom stereocenters. The van der Waals surface area contributed by atoms with Crippen molar-refractivity contribution in [1.29, 1.82) is 0 Å². The Balaban J connectivity index is 1.94. The molecule has 0 radical (unpaired) electrons. The van der Waals surface area contributed by atoms with Crippen LogP contribution in [0.15, 0.2) is 23.2 Å². The maximum atomic E-state index is 6.13. The molecule has 0 aliphatic carbocycles. The van der Waals surface area contributed by atoms with E-state index in [-0.39, 0.29) is 0 Å². The molecule has 0 amide bonds. The Morgan fingerprint density at radius 2 is 2.05 bits per heavy atom. The third kappa shape index (κ3) is 3.99. The van der Waals surface area contributed by atoms with Crippen LogP contribution in [-0.2, 0) is 4.84 Å². The lowest BCUT2D eigenvalue weighted by molar-refractivity contribution is -0.0921. The molecule has 2 rings (SSSR count). The van der Waals surface area contributed by atoms with E-state index in [0.29, 0.717) is 47.9 Å². The van der Waals surface area contributed by atoms with Gasteiger partial charge in [-0.15, -0.1) is 0 Å². The van der Waals surface area contributed by atoms with Crippen LogP contribution in [-0.4, -0.2) is 37.3 Å². The summed E-state index contributed by atoms with van der Waals surface area (Å²) < 4.78 is 0. The highest BCUT2D eigenvalue weighted by atomic mass is 35.5. The second-order valence-corrected chi connectivity index (χ2v) is 5.17. The maximum Gasteiger partial charge on any atom is 0.223 e. The Morgan fingerprint density at radius 3 is 2.75 bits per heavy atom. The zero-order valence-electron chi connectivity index (χ0n) is 11.1. The van der Waals surface area contributed by atoms with Gasteiger partial charge >= 0.3 is 0 Å². The molecule has 1 heterocycles. The highest BCUT2D eigenvalue weighted by molar-refractivity contribution is 6.39. The van der Waals surface area contributed by atoms with E-state index >= 15 is 0 Å². The second-order valence-electron chi connectivity index (χ2n) is 4.36. The van der Waals surface area contributed by atoms with Gasteiger partial charge in [-0.05, 0) is 31.5 Å². The summed E-state index contributed by atoms with van der Waals surface area (Å²) in [5.41, 5.74) is 6.10. The number of unbranched alkanes of at least 4 members (excludes halogenated alkanes) is 1. The SMILES string of the molecule is NCCCCON1CCN=C1Nc1c(Cl)cccc1Cl. The molecule has 0 saturated carbocycles. The van der Waals surface area contributed by atoms with Crippen LogP contribution in [0.3, 0.4) is 0 Å². The fourth-order valence-electron chi connectivity index (χ4n) is 1.81. The third-order valence-corrected chi connectivity index (χ3v) is 3.48. The van der Waals surface area contributed by atoms with Crippen LogP contribution >= 0.6 is 23.2 Å². The van der Waals surface area contributed by atoms with Crippen LogP contribution < -0.4 is 11.1 Å². The summed E-state index contributed by atoms with van der Waals surface area (Å²) in [7, 11) is 0. The predicted molar refractivity (Wildman–Crippen MR) is 83.3 cm³/mol. The monoisotopic (exact) mass is 316 g/mol. The van der Waals surface area contributed by atoms with Crippen LogP contribution in [0.2, 0.25) is 10.0 Å². The van der Waals surface area contributed by atoms with E-state index in [1.165, 1.54) is 0 Å². The molecule has 20 heavy (non-hydrogen) atoms. The normalized spacial score (nSPS) is 14.6. The van der Waals surface area contributed by atoms with E-state index in [1.54, 1.807) is 23.3 Å². The van der Waals surface area contributed by atoms with E-state index in [9.17, 15) is 0 Å². The first kappa shape index (κ1) is 15.4. The van der Waals surface area contributed by atoms with Crippen molar-refractivity contribution < 1.29 is 4.84 Å². The number of halogens is 2. The lowest BCUT2D eigenvalue weighted by atomic mass is 10.3. The molecule has 0 saturated heterocycles. The molecule has 0 aromatic heterocycles. The van der Waals surface area contributed by atoms with Crippen LogP contribution in [0.1, 0.15) is 12.8 Å². The second kappa shape index (κ2) is 7.69. The van der Waals surface area contributed by atoms with Crippen LogP contribution in [0.25, 0.3) is 0 Å². The number of para-hydroxylation sites is 1. The van der Waals surface area contributed by atoms with Gasteiger partial charge in [0, 0.05) is 0 Å².